The van der Waals surface area contributed by atoms with Crippen molar-refractivity contribution in [3.63, 3.8) is 0 Å². The number of fused-ring (bicyclic) bond motifs is 5. The summed E-state index contributed by atoms with van der Waals surface area (Å²) in [6, 6.07) is 17.4. The van der Waals surface area contributed by atoms with Crippen LogP contribution in [0.15, 0.2) is 48.5 Å². The van der Waals surface area contributed by atoms with Gasteiger partial charge >= 0.3 is 0 Å². The average Bonchev–Trinajstić information content (AvgIpc) is 2.88. The molecule has 0 aliphatic carbocycles. The van der Waals surface area contributed by atoms with Gasteiger partial charge in [-0.25, -0.2) is 0 Å². The molecule has 1 atom stereocenters. The van der Waals surface area contributed by atoms with Gasteiger partial charge in [0, 0.05) is 19.2 Å². The molecule has 17 heavy (non-hydrogen) atoms. The molecule has 4 rings (SSSR count). The van der Waals surface area contributed by atoms with E-state index in [1.165, 1.54) is 22.6 Å². The zero-order valence-corrected chi connectivity index (χ0v) is 9.80. The first kappa shape index (κ1) is 9.11. The first-order valence-corrected chi connectivity index (χ1v) is 6.05. The molecule has 0 saturated carbocycles. The fraction of sp³-hybridized carbons (Fsp3) is 0.200. The second-order valence-electron chi connectivity index (χ2n) is 4.78. The van der Waals surface area contributed by atoms with Gasteiger partial charge in [-0.15, -0.1) is 0 Å². The maximum atomic E-state index is 2.46. The zero-order chi connectivity index (χ0) is 11.4. The number of anilines is 3. The summed E-state index contributed by atoms with van der Waals surface area (Å²) in [7, 11) is 2.19. The summed E-state index contributed by atoms with van der Waals surface area (Å²) in [5.41, 5.74) is 5.50. The molecule has 2 nitrogen and oxygen atoms in total. The highest BCUT2D eigenvalue weighted by atomic mass is 15.4. The standard InChI is InChI=1S/C15H14N2/c1-16-13-8-4-5-9-14(13)17-12-7-3-2-6-11(12)10-15(16)17/h2-9,15H,10H2,1H3. The van der Waals surface area contributed by atoms with Gasteiger partial charge in [0.25, 0.3) is 0 Å². The van der Waals surface area contributed by atoms with Crippen molar-refractivity contribution in [2.24, 2.45) is 0 Å². The molecule has 2 aromatic carbocycles. The number of likely N-dealkylation sites (N-methyl/N-ethyl adjacent to an activating group) is 1. The van der Waals surface area contributed by atoms with E-state index in [4.69, 9.17) is 0 Å². The van der Waals surface area contributed by atoms with Gasteiger partial charge < -0.3 is 9.80 Å². The van der Waals surface area contributed by atoms with Gasteiger partial charge in [-0.2, -0.15) is 0 Å². The Kier molecular flexibility index (Phi) is 1.63. The van der Waals surface area contributed by atoms with Crippen LogP contribution in [0, 0.1) is 0 Å². The molecule has 0 amide bonds. The maximum absolute atomic E-state index is 2.46. The third kappa shape index (κ3) is 1.05. The summed E-state index contributed by atoms with van der Waals surface area (Å²) in [4.78, 5) is 4.85. The van der Waals surface area contributed by atoms with Crippen LogP contribution in [0.25, 0.3) is 0 Å². The van der Waals surface area contributed by atoms with Crippen LogP contribution in [0.1, 0.15) is 5.56 Å². The third-order valence-corrected chi connectivity index (χ3v) is 3.92. The van der Waals surface area contributed by atoms with Crippen LogP contribution in [0.3, 0.4) is 0 Å². The Labute approximate surface area is 101 Å². The van der Waals surface area contributed by atoms with Crippen molar-refractivity contribution in [2.75, 3.05) is 16.8 Å². The first-order chi connectivity index (χ1) is 8.36. The lowest BCUT2D eigenvalue weighted by atomic mass is 10.1. The summed E-state index contributed by atoms with van der Waals surface area (Å²) in [6.45, 7) is 0. The van der Waals surface area contributed by atoms with Gasteiger partial charge in [-0.3, -0.25) is 0 Å². The van der Waals surface area contributed by atoms with Crippen molar-refractivity contribution in [3.05, 3.63) is 54.1 Å². The van der Waals surface area contributed by atoms with Crippen molar-refractivity contribution < 1.29 is 0 Å². The van der Waals surface area contributed by atoms with E-state index < -0.39 is 0 Å². The molecule has 2 heteroatoms. The topological polar surface area (TPSA) is 6.48 Å². The van der Waals surface area contributed by atoms with Crippen molar-refractivity contribution in [1.29, 1.82) is 0 Å². The van der Waals surface area contributed by atoms with Gasteiger partial charge in [0.05, 0.1) is 11.4 Å². The number of rotatable bonds is 0. The van der Waals surface area contributed by atoms with Crippen LogP contribution in [-0.4, -0.2) is 13.2 Å². The fourth-order valence-electron chi connectivity index (χ4n) is 3.09. The van der Waals surface area contributed by atoms with Crippen molar-refractivity contribution in [3.8, 4) is 0 Å². The largest absolute Gasteiger partial charge is 0.352 e. The Morgan fingerprint density at radius 1 is 0.882 bits per heavy atom. The Bertz CT molecular complexity index is 591. The second-order valence-corrected chi connectivity index (χ2v) is 4.78. The van der Waals surface area contributed by atoms with E-state index in [0.717, 1.165) is 6.42 Å². The zero-order valence-electron chi connectivity index (χ0n) is 9.80. The normalized spacial score (nSPS) is 20.2. The molecule has 0 N–H and O–H groups in total. The van der Waals surface area contributed by atoms with Crippen molar-refractivity contribution in [2.45, 2.75) is 12.6 Å². The summed E-state index contributed by atoms with van der Waals surface area (Å²) >= 11 is 0. The Balaban J connectivity index is 1.95. The number of para-hydroxylation sites is 3. The summed E-state index contributed by atoms with van der Waals surface area (Å²) in [5, 5.41) is 0. The SMILES string of the molecule is CN1c2ccccc2N2c3ccccc3CC12. The van der Waals surface area contributed by atoms with E-state index in [0.29, 0.717) is 6.17 Å². The van der Waals surface area contributed by atoms with Gasteiger partial charge in [-0.05, 0) is 23.8 Å². The lowest BCUT2D eigenvalue weighted by Gasteiger charge is -2.23. The van der Waals surface area contributed by atoms with Gasteiger partial charge in [0.1, 0.15) is 6.17 Å². The molecular weight excluding hydrogens is 208 g/mol. The van der Waals surface area contributed by atoms with E-state index in [2.05, 4.69) is 65.4 Å². The minimum absolute atomic E-state index is 0.463. The molecule has 0 saturated heterocycles. The number of hydrogen-bond donors (Lipinski definition) is 0. The van der Waals surface area contributed by atoms with Crippen molar-refractivity contribution in [1.82, 2.24) is 0 Å². The highest BCUT2D eigenvalue weighted by molar-refractivity contribution is 5.86. The second kappa shape index (κ2) is 3.04. The molecule has 2 heterocycles. The molecule has 0 aromatic heterocycles. The van der Waals surface area contributed by atoms with Crippen LogP contribution in [-0.2, 0) is 6.42 Å². The fourth-order valence-corrected chi connectivity index (χ4v) is 3.09. The molecule has 0 radical (unpaired) electrons. The Hall–Kier alpha value is -1.96. The lowest BCUT2D eigenvalue weighted by Crippen LogP contribution is -2.35. The smallest absolute Gasteiger partial charge is 0.110 e. The number of hydrogen-bond acceptors (Lipinski definition) is 2. The Morgan fingerprint density at radius 3 is 2.35 bits per heavy atom. The molecule has 2 aliphatic heterocycles. The van der Waals surface area contributed by atoms with Gasteiger partial charge in [0.2, 0.25) is 0 Å². The summed E-state index contributed by atoms with van der Waals surface area (Å²) in [6.07, 6.45) is 1.58. The Morgan fingerprint density at radius 2 is 1.53 bits per heavy atom. The average molecular weight is 222 g/mol. The summed E-state index contributed by atoms with van der Waals surface area (Å²) in [5.74, 6) is 0. The monoisotopic (exact) mass is 222 g/mol. The summed E-state index contributed by atoms with van der Waals surface area (Å²) < 4.78 is 0. The molecular formula is C15H14N2. The minimum atomic E-state index is 0.463. The molecule has 0 fully saturated rings. The predicted molar refractivity (Wildman–Crippen MR) is 70.9 cm³/mol. The van der Waals surface area contributed by atoms with E-state index in [9.17, 15) is 0 Å². The van der Waals surface area contributed by atoms with Crippen molar-refractivity contribution >= 4 is 17.1 Å². The van der Waals surface area contributed by atoms with E-state index in [1.807, 2.05) is 0 Å². The highest BCUT2D eigenvalue weighted by Crippen LogP contribution is 2.48. The first-order valence-electron chi connectivity index (χ1n) is 6.05. The van der Waals surface area contributed by atoms with Crippen LogP contribution in [0.4, 0.5) is 17.1 Å². The van der Waals surface area contributed by atoms with E-state index in [1.54, 1.807) is 0 Å². The molecule has 84 valence electrons. The van der Waals surface area contributed by atoms with Crippen LogP contribution < -0.4 is 9.80 Å². The lowest BCUT2D eigenvalue weighted by molar-refractivity contribution is 0.704. The molecule has 2 aliphatic rings. The quantitative estimate of drug-likeness (QED) is 0.675. The van der Waals surface area contributed by atoms with Gasteiger partial charge in [0.15, 0.2) is 0 Å². The maximum Gasteiger partial charge on any atom is 0.110 e. The minimum Gasteiger partial charge on any atom is -0.352 e. The highest BCUT2D eigenvalue weighted by Gasteiger charge is 2.39. The molecule has 1 unspecified atom stereocenters. The molecule has 0 spiro atoms. The van der Waals surface area contributed by atoms with E-state index in [-0.39, 0.29) is 0 Å². The predicted octanol–water partition coefficient (Wildman–Crippen LogP) is 3.16. The van der Waals surface area contributed by atoms with Crippen LogP contribution in [0.5, 0.6) is 0 Å². The molecule has 2 aromatic rings. The van der Waals surface area contributed by atoms with Crippen LogP contribution in [0.2, 0.25) is 0 Å². The van der Waals surface area contributed by atoms with Gasteiger partial charge in [-0.1, -0.05) is 30.3 Å². The molecule has 0 bridgehead atoms. The van der Waals surface area contributed by atoms with Crippen LogP contribution >= 0.6 is 0 Å². The number of nitrogens with zero attached hydrogens (tertiary/aromatic N) is 2. The van der Waals surface area contributed by atoms with E-state index >= 15 is 0 Å². The number of benzene rings is 2. The third-order valence-electron chi connectivity index (χ3n) is 3.92.